The third kappa shape index (κ3) is 0.923. The molecule has 0 aromatic carbocycles. The average Bonchev–Trinajstić information content (AvgIpc) is 2.28. The van der Waals surface area contributed by atoms with Gasteiger partial charge in [-0.25, -0.2) is 4.79 Å². The number of carboxylic acid groups (broad SMARTS) is 1. The summed E-state index contributed by atoms with van der Waals surface area (Å²) in [6.07, 6.45) is 1.30. The standard InChI is InChI=1S/C6H8Cl2O3S/c1-3-5(4(9)10,12(2)11)6(3,7)8/h3H,1-2H3,(H,9,10). The van der Waals surface area contributed by atoms with Gasteiger partial charge >= 0.3 is 5.97 Å². The van der Waals surface area contributed by atoms with Crippen LogP contribution in [0.1, 0.15) is 6.92 Å². The molecule has 3 unspecified atom stereocenters. The zero-order chi connectivity index (χ0) is 9.73. The van der Waals surface area contributed by atoms with Crippen molar-refractivity contribution in [1.82, 2.24) is 0 Å². The number of carboxylic acids is 1. The lowest BCUT2D eigenvalue weighted by Crippen LogP contribution is -2.37. The van der Waals surface area contributed by atoms with Crippen LogP contribution in [0.25, 0.3) is 0 Å². The first-order valence-electron chi connectivity index (χ1n) is 3.24. The van der Waals surface area contributed by atoms with E-state index < -0.39 is 32.1 Å². The van der Waals surface area contributed by atoms with Gasteiger partial charge in [0.25, 0.3) is 4.75 Å². The highest BCUT2D eigenvalue weighted by molar-refractivity contribution is 7.93. The zero-order valence-electron chi connectivity index (χ0n) is 6.51. The molecular formula is C6H8Cl2O3S. The molecule has 3 atom stereocenters. The van der Waals surface area contributed by atoms with Gasteiger partial charge in [0.15, 0.2) is 4.33 Å². The molecule has 3 nitrogen and oxygen atoms in total. The fourth-order valence-electron chi connectivity index (χ4n) is 1.43. The second kappa shape index (κ2) is 2.67. The largest absolute Gasteiger partial charge is 0.616 e. The van der Waals surface area contributed by atoms with E-state index in [1.165, 1.54) is 6.26 Å². The van der Waals surface area contributed by atoms with E-state index in [1.807, 2.05) is 0 Å². The van der Waals surface area contributed by atoms with Crippen molar-refractivity contribution in [3.8, 4) is 0 Å². The van der Waals surface area contributed by atoms with Gasteiger partial charge < -0.3 is 9.66 Å². The molecule has 0 heterocycles. The first-order valence-corrected chi connectivity index (χ1v) is 5.55. The van der Waals surface area contributed by atoms with Gasteiger partial charge in [-0.3, -0.25) is 0 Å². The summed E-state index contributed by atoms with van der Waals surface area (Å²) < 4.78 is 8.29. The number of rotatable bonds is 2. The molecule has 1 N–H and O–H groups in total. The number of halogens is 2. The molecule has 0 bridgehead atoms. The van der Waals surface area contributed by atoms with E-state index in [4.69, 9.17) is 28.3 Å². The summed E-state index contributed by atoms with van der Waals surface area (Å²) in [5.74, 6) is -1.67. The van der Waals surface area contributed by atoms with Crippen molar-refractivity contribution in [3.63, 3.8) is 0 Å². The number of carbonyl (C=O) groups is 1. The highest BCUT2D eigenvalue weighted by Crippen LogP contribution is 2.66. The molecule has 0 amide bonds. The van der Waals surface area contributed by atoms with Gasteiger partial charge in [0.2, 0.25) is 0 Å². The van der Waals surface area contributed by atoms with Gasteiger partial charge in [-0.05, 0) is 11.2 Å². The lowest BCUT2D eigenvalue weighted by Gasteiger charge is -2.14. The molecule has 0 radical (unpaired) electrons. The van der Waals surface area contributed by atoms with E-state index in [1.54, 1.807) is 6.92 Å². The Labute approximate surface area is 83.2 Å². The molecule has 0 aromatic rings. The van der Waals surface area contributed by atoms with Gasteiger partial charge in [0.05, 0.1) is 12.2 Å². The van der Waals surface area contributed by atoms with Gasteiger partial charge in [-0.1, -0.05) is 30.1 Å². The summed E-state index contributed by atoms with van der Waals surface area (Å²) in [5.41, 5.74) is 0. The van der Waals surface area contributed by atoms with Crippen LogP contribution in [0.5, 0.6) is 0 Å². The van der Waals surface area contributed by atoms with Gasteiger partial charge in [0.1, 0.15) is 0 Å². The lowest BCUT2D eigenvalue weighted by molar-refractivity contribution is -0.137. The summed E-state index contributed by atoms with van der Waals surface area (Å²) in [6.45, 7) is 1.58. The quantitative estimate of drug-likeness (QED) is 0.570. The molecule has 1 rings (SSSR count). The maximum Gasteiger partial charge on any atom is 0.363 e. The summed E-state index contributed by atoms with van der Waals surface area (Å²) in [7, 11) is 0. The summed E-state index contributed by atoms with van der Waals surface area (Å²) in [4.78, 5) is 10.8. The Morgan fingerprint density at radius 2 is 2.00 bits per heavy atom. The van der Waals surface area contributed by atoms with Crippen molar-refractivity contribution in [1.29, 1.82) is 0 Å². The van der Waals surface area contributed by atoms with E-state index in [0.717, 1.165) is 0 Å². The Kier molecular flexibility index (Phi) is 2.33. The maximum absolute atomic E-state index is 11.2. The fourth-order valence-corrected chi connectivity index (χ4v) is 4.34. The van der Waals surface area contributed by atoms with Crippen molar-refractivity contribution in [2.45, 2.75) is 16.0 Å². The van der Waals surface area contributed by atoms with E-state index >= 15 is 0 Å². The summed E-state index contributed by atoms with van der Waals surface area (Å²) in [5, 5.41) is 8.82. The molecule has 1 saturated carbocycles. The van der Waals surface area contributed by atoms with Crippen LogP contribution < -0.4 is 0 Å². The SMILES string of the molecule is CC1C(Cl)(Cl)C1(C(=O)O)[S+](C)[O-]. The first kappa shape index (κ1) is 10.4. The maximum atomic E-state index is 11.2. The normalized spacial score (nSPS) is 40.6. The van der Waals surface area contributed by atoms with Crippen LogP contribution in [-0.4, -0.2) is 31.0 Å². The molecular weight excluding hydrogens is 223 g/mol. The van der Waals surface area contributed by atoms with Crippen molar-refractivity contribution in [3.05, 3.63) is 0 Å². The Bertz CT molecular complexity index is 231. The van der Waals surface area contributed by atoms with E-state index in [0.29, 0.717) is 0 Å². The van der Waals surface area contributed by atoms with Crippen molar-refractivity contribution in [2.75, 3.05) is 6.26 Å². The smallest absolute Gasteiger partial charge is 0.363 e. The van der Waals surface area contributed by atoms with Crippen molar-refractivity contribution < 1.29 is 14.5 Å². The van der Waals surface area contributed by atoms with Crippen LogP contribution in [0.2, 0.25) is 0 Å². The average molecular weight is 231 g/mol. The second-order valence-electron chi connectivity index (χ2n) is 2.84. The first-order chi connectivity index (χ1) is 5.29. The Hall–Kier alpha value is 0.360. The summed E-state index contributed by atoms with van der Waals surface area (Å²) in [6, 6.07) is 0. The number of aliphatic carboxylic acids is 1. The van der Waals surface area contributed by atoms with Crippen LogP contribution in [0, 0.1) is 5.92 Å². The third-order valence-electron chi connectivity index (χ3n) is 2.34. The molecule has 70 valence electrons. The van der Waals surface area contributed by atoms with E-state index in [2.05, 4.69) is 0 Å². The molecule has 6 heteroatoms. The third-order valence-corrected chi connectivity index (χ3v) is 5.57. The molecule has 1 aliphatic rings. The van der Waals surface area contributed by atoms with Crippen molar-refractivity contribution in [2.24, 2.45) is 5.92 Å². The van der Waals surface area contributed by atoms with Crippen LogP contribution in [-0.2, 0) is 16.0 Å². The van der Waals surface area contributed by atoms with Crippen LogP contribution in [0.15, 0.2) is 0 Å². The minimum absolute atomic E-state index is 0.475. The Balaban J connectivity index is 3.03. The van der Waals surface area contributed by atoms with E-state index in [-0.39, 0.29) is 0 Å². The summed E-state index contributed by atoms with van der Waals surface area (Å²) >= 11 is 9.83. The number of hydrogen-bond acceptors (Lipinski definition) is 2. The van der Waals surface area contributed by atoms with Crippen LogP contribution in [0.3, 0.4) is 0 Å². The van der Waals surface area contributed by atoms with Gasteiger partial charge in [-0.2, -0.15) is 0 Å². The molecule has 1 aliphatic carbocycles. The number of hydrogen-bond donors (Lipinski definition) is 1. The molecule has 1 fully saturated rings. The molecule has 12 heavy (non-hydrogen) atoms. The van der Waals surface area contributed by atoms with E-state index in [9.17, 15) is 9.35 Å². The highest BCUT2D eigenvalue weighted by Gasteiger charge is 2.86. The zero-order valence-corrected chi connectivity index (χ0v) is 8.83. The molecule has 0 aliphatic heterocycles. The highest BCUT2D eigenvalue weighted by atomic mass is 35.5. The Morgan fingerprint density at radius 3 is 2.00 bits per heavy atom. The Morgan fingerprint density at radius 1 is 1.67 bits per heavy atom. The molecule has 0 spiro atoms. The van der Waals surface area contributed by atoms with Gasteiger partial charge in [-0.15, -0.1) is 0 Å². The van der Waals surface area contributed by atoms with Crippen LogP contribution in [0.4, 0.5) is 0 Å². The molecule has 0 saturated heterocycles. The topological polar surface area (TPSA) is 60.4 Å². The number of alkyl halides is 2. The predicted molar refractivity (Wildman–Crippen MR) is 48.0 cm³/mol. The monoisotopic (exact) mass is 230 g/mol. The molecule has 0 aromatic heterocycles. The second-order valence-corrected chi connectivity index (χ2v) is 5.78. The van der Waals surface area contributed by atoms with Crippen LogP contribution >= 0.6 is 23.2 Å². The lowest BCUT2D eigenvalue weighted by atomic mass is 10.3. The predicted octanol–water partition coefficient (Wildman–Crippen LogP) is 1.01. The van der Waals surface area contributed by atoms with Gasteiger partial charge in [0, 0.05) is 0 Å². The fraction of sp³-hybridized carbons (Fsp3) is 0.833. The minimum atomic E-state index is -1.56. The minimum Gasteiger partial charge on any atom is -0.616 e. The van der Waals surface area contributed by atoms with Crippen molar-refractivity contribution >= 4 is 40.3 Å².